The monoisotopic (exact) mass is 335 g/mol. The van der Waals surface area contributed by atoms with Crippen molar-refractivity contribution in [1.29, 1.82) is 0 Å². The van der Waals surface area contributed by atoms with Crippen LogP contribution >= 0.6 is 0 Å². The molecule has 0 radical (unpaired) electrons. The molecule has 4 rings (SSSR count). The number of hydrogen-bond donors (Lipinski definition) is 0. The fourth-order valence-corrected chi connectivity index (χ4v) is 3.47. The van der Waals surface area contributed by atoms with Crippen molar-refractivity contribution in [1.82, 2.24) is 14.8 Å². The van der Waals surface area contributed by atoms with Gasteiger partial charge in [0.15, 0.2) is 5.65 Å². The molecule has 2 aromatic heterocycles. The van der Waals surface area contributed by atoms with Crippen molar-refractivity contribution in [2.24, 2.45) is 0 Å². The minimum absolute atomic E-state index is 0.0396. The Morgan fingerprint density at radius 2 is 1.92 bits per heavy atom. The molecule has 0 saturated carbocycles. The second kappa shape index (κ2) is 6.20. The van der Waals surface area contributed by atoms with Crippen molar-refractivity contribution in [3.8, 4) is 0 Å². The zero-order valence-electron chi connectivity index (χ0n) is 14.5. The van der Waals surface area contributed by atoms with E-state index in [0.29, 0.717) is 6.54 Å². The molecular formula is C19H21N5O. The first-order valence-corrected chi connectivity index (χ1v) is 8.54. The predicted molar refractivity (Wildman–Crippen MR) is 98.9 cm³/mol. The van der Waals surface area contributed by atoms with E-state index in [4.69, 9.17) is 0 Å². The molecule has 0 spiro atoms. The Morgan fingerprint density at radius 3 is 2.76 bits per heavy atom. The van der Waals surface area contributed by atoms with Gasteiger partial charge in [-0.15, -0.1) is 0 Å². The summed E-state index contributed by atoms with van der Waals surface area (Å²) in [6.45, 7) is 3.79. The summed E-state index contributed by atoms with van der Waals surface area (Å²) >= 11 is 0. The molecular weight excluding hydrogens is 314 g/mol. The number of rotatable bonds is 2. The second-order valence-electron chi connectivity index (χ2n) is 6.43. The molecule has 6 nitrogen and oxygen atoms in total. The van der Waals surface area contributed by atoms with Crippen LogP contribution in [0.25, 0.3) is 11.0 Å². The van der Waals surface area contributed by atoms with Crippen molar-refractivity contribution >= 4 is 28.3 Å². The van der Waals surface area contributed by atoms with Crippen LogP contribution in [0.2, 0.25) is 0 Å². The molecule has 25 heavy (non-hydrogen) atoms. The molecule has 0 aliphatic carbocycles. The van der Waals surface area contributed by atoms with E-state index in [-0.39, 0.29) is 12.5 Å². The van der Waals surface area contributed by atoms with Gasteiger partial charge >= 0.3 is 0 Å². The molecule has 0 saturated heterocycles. The molecule has 0 atom stereocenters. The average molecular weight is 335 g/mol. The van der Waals surface area contributed by atoms with Gasteiger partial charge in [-0.05, 0) is 37.6 Å². The first-order chi connectivity index (χ1) is 12.1. The van der Waals surface area contributed by atoms with Crippen LogP contribution in [0.15, 0.2) is 42.6 Å². The number of para-hydroxylation sites is 2. The fraction of sp³-hybridized carbons (Fsp3) is 0.316. The predicted octanol–water partition coefficient (Wildman–Crippen LogP) is 2.61. The van der Waals surface area contributed by atoms with Gasteiger partial charge in [0.05, 0.1) is 17.1 Å². The number of amides is 1. The molecule has 0 bridgehead atoms. The van der Waals surface area contributed by atoms with Crippen molar-refractivity contribution in [3.63, 3.8) is 0 Å². The number of carbonyl (C=O) groups excluding carboxylic acids is 1. The molecule has 0 N–H and O–H groups in total. The quantitative estimate of drug-likeness (QED) is 0.722. The highest BCUT2D eigenvalue weighted by Gasteiger charge is 2.24. The van der Waals surface area contributed by atoms with Gasteiger partial charge < -0.3 is 9.80 Å². The van der Waals surface area contributed by atoms with E-state index in [1.807, 2.05) is 42.2 Å². The van der Waals surface area contributed by atoms with Crippen LogP contribution in [0, 0.1) is 6.92 Å². The van der Waals surface area contributed by atoms with Crippen LogP contribution in [-0.2, 0) is 11.3 Å². The summed E-state index contributed by atoms with van der Waals surface area (Å²) < 4.78 is 1.71. The van der Waals surface area contributed by atoms with Crippen molar-refractivity contribution in [2.45, 2.75) is 19.9 Å². The minimum Gasteiger partial charge on any atom is -0.373 e. The van der Waals surface area contributed by atoms with Crippen LogP contribution in [0.5, 0.6) is 0 Å². The van der Waals surface area contributed by atoms with E-state index in [9.17, 15) is 4.79 Å². The van der Waals surface area contributed by atoms with E-state index in [1.54, 1.807) is 10.9 Å². The van der Waals surface area contributed by atoms with Crippen molar-refractivity contribution in [2.75, 3.05) is 29.9 Å². The lowest BCUT2D eigenvalue weighted by Crippen LogP contribution is -2.34. The number of fused-ring (bicyclic) bond motifs is 2. The van der Waals surface area contributed by atoms with Gasteiger partial charge in [-0.2, -0.15) is 5.10 Å². The van der Waals surface area contributed by atoms with E-state index < -0.39 is 0 Å². The molecule has 128 valence electrons. The van der Waals surface area contributed by atoms with Gasteiger partial charge in [0.1, 0.15) is 6.54 Å². The van der Waals surface area contributed by atoms with Crippen LogP contribution < -0.4 is 9.80 Å². The van der Waals surface area contributed by atoms with Crippen LogP contribution in [0.4, 0.5) is 11.4 Å². The summed E-state index contributed by atoms with van der Waals surface area (Å²) in [7, 11) is 2.07. The first-order valence-electron chi connectivity index (χ1n) is 8.54. The Morgan fingerprint density at radius 1 is 1.12 bits per heavy atom. The summed E-state index contributed by atoms with van der Waals surface area (Å²) in [6, 6.07) is 12.0. The highest BCUT2D eigenvalue weighted by atomic mass is 16.2. The highest BCUT2D eigenvalue weighted by molar-refractivity contribution is 5.97. The average Bonchev–Trinajstić information content (AvgIpc) is 2.83. The molecule has 1 aliphatic heterocycles. The zero-order valence-corrected chi connectivity index (χ0v) is 14.5. The number of anilines is 2. The Kier molecular flexibility index (Phi) is 3.87. The molecule has 1 aliphatic rings. The summed E-state index contributed by atoms with van der Waals surface area (Å²) in [5, 5.41) is 5.51. The SMILES string of the molecule is Cc1nn(CC(=O)N2CCCN(C)c3ccccc32)c2ncccc12. The molecule has 1 amide bonds. The van der Waals surface area contributed by atoms with Crippen LogP contribution in [-0.4, -0.2) is 40.8 Å². The van der Waals surface area contributed by atoms with Gasteiger partial charge in [0.25, 0.3) is 0 Å². The maximum absolute atomic E-state index is 13.1. The van der Waals surface area contributed by atoms with Crippen LogP contribution in [0.3, 0.4) is 0 Å². The number of nitrogens with zero attached hydrogens (tertiary/aromatic N) is 5. The van der Waals surface area contributed by atoms with Gasteiger partial charge in [-0.25, -0.2) is 9.67 Å². The van der Waals surface area contributed by atoms with E-state index in [1.165, 1.54) is 0 Å². The summed E-state index contributed by atoms with van der Waals surface area (Å²) in [5.41, 5.74) is 3.71. The summed E-state index contributed by atoms with van der Waals surface area (Å²) in [6.07, 6.45) is 2.68. The third kappa shape index (κ3) is 2.73. The number of carbonyl (C=O) groups is 1. The number of pyridine rings is 1. The van der Waals surface area contributed by atoms with E-state index in [0.717, 1.165) is 41.1 Å². The topological polar surface area (TPSA) is 54.3 Å². The smallest absolute Gasteiger partial charge is 0.248 e. The van der Waals surface area contributed by atoms with Crippen molar-refractivity contribution in [3.05, 3.63) is 48.3 Å². The number of hydrogen-bond acceptors (Lipinski definition) is 4. The maximum Gasteiger partial charge on any atom is 0.248 e. The molecule has 1 aromatic carbocycles. The molecule has 3 aromatic rings. The summed E-state index contributed by atoms with van der Waals surface area (Å²) in [4.78, 5) is 21.5. The molecule has 6 heteroatoms. The Hall–Kier alpha value is -2.89. The second-order valence-corrected chi connectivity index (χ2v) is 6.43. The zero-order chi connectivity index (χ0) is 17.4. The maximum atomic E-state index is 13.1. The fourth-order valence-electron chi connectivity index (χ4n) is 3.47. The highest BCUT2D eigenvalue weighted by Crippen LogP contribution is 2.31. The molecule has 3 heterocycles. The third-order valence-electron chi connectivity index (χ3n) is 4.74. The third-order valence-corrected chi connectivity index (χ3v) is 4.74. The van der Waals surface area contributed by atoms with Crippen molar-refractivity contribution < 1.29 is 4.79 Å². The lowest BCUT2D eigenvalue weighted by atomic mass is 10.2. The Bertz CT molecular complexity index is 932. The number of aryl methyl sites for hydroxylation is 1. The number of aromatic nitrogens is 3. The number of benzene rings is 1. The first kappa shape index (κ1) is 15.6. The van der Waals surface area contributed by atoms with Gasteiger partial charge in [0.2, 0.25) is 5.91 Å². The Balaban J connectivity index is 1.68. The lowest BCUT2D eigenvalue weighted by Gasteiger charge is -2.24. The lowest BCUT2D eigenvalue weighted by molar-refractivity contribution is -0.119. The molecule has 0 unspecified atom stereocenters. The summed E-state index contributed by atoms with van der Waals surface area (Å²) in [5.74, 6) is 0.0396. The van der Waals surface area contributed by atoms with E-state index >= 15 is 0 Å². The Labute approximate surface area is 146 Å². The van der Waals surface area contributed by atoms with Gasteiger partial charge in [-0.1, -0.05) is 12.1 Å². The van der Waals surface area contributed by atoms with Crippen LogP contribution in [0.1, 0.15) is 12.1 Å². The molecule has 0 fully saturated rings. The standard InChI is InChI=1S/C19H21N5O/c1-14-15-7-5-10-20-19(15)24(21-14)13-18(25)23-12-6-11-22(2)16-8-3-4-9-17(16)23/h3-5,7-10H,6,11-13H2,1-2H3. The largest absolute Gasteiger partial charge is 0.373 e. The van der Waals surface area contributed by atoms with Gasteiger partial charge in [0, 0.05) is 31.7 Å². The van der Waals surface area contributed by atoms with E-state index in [2.05, 4.69) is 28.1 Å². The normalized spacial score (nSPS) is 14.5. The minimum atomic E-state index is 0.0396. The van der Waals surface area contributed by atoms with Gasteiger partial charge in [-0.3, -0.25) is 4.79 Å².